The van der Waals surface area contributed by atoms with Crippen LogP contribution in [0.1, 0.15) is 58.3 Å². The van der Waals surface area contributed by atoms with Crippen molar-refractivity contribution in [3.63, 3.8) is 0 Å². The van der Waals surface area contributed by atoms with Crippen LogP contribution < -0.4 is 0 Å². The molecule has 0 amide bonds. The largest absolute Gasteiger partial charge is 0.392 e. The van der Waals surface area contributed by atoms with Gasteiger partial charge >= 0.3 is 0 Å². The molecule has 1 heteroatoms. The number of hydrogen-bond acceptors (Lipinski definition) is 1. The molecule has 0 spiro atoms. The smallest absolute Gasteiger partial charge is 0.0630 e. The Bertz CT molecular complexity index is 170. The van der Waals surface area contributed by atoms with E-state index in [2.05, 4.69) is 13.5 Å². The van der Waals surface area contributed by atoms with Gasteiger partial charge in [0.15, 0.2) is 0 Å². The van der Waals surface area contributed by atoms with Crippen LogP contribution in [0.15, 0.2) is 12.7 Å². The zero-order valence-corrected chi connectivity index (χ0v) is 10.1. The monoisotopic (exact) mass is 210 g/mol. The molecule has 88 valence electrons. The summed E-state index contributed by atoms with van der Waals surface area (Å²) < 4.78 is 0. The Labute approximate surface area is 94.6 Å². The molecule has 1 nitrogen and oxygen atoms in total. The summed E-state index contributed by atoms with van der Waals surface area (Å²) in [7, 11) is 0. The van der Waals surface area contributed by atoms with Gasteiger partial charge in [-0.2, -0.15) is 0 Å². The number of aliphatic hydroxyl groups excluding tert-OH is 1. The van der Waals surface area contributed by atoms with Gasteiger partial charge in [0, 0.05) is 5.92 Å². The maximum Gasteiger partial charge on any atom is 0.0630 e. The average Bonchev–Trinajstić information content (AvgIpc) is 2.31. The zero-order chi connectivity index (χ0) is 11.1. The Morgan fingerprint density at radius 2 is 2.00 bits per heavy atom. The lowest BCUT2D eigenvalue weighted by atomic mass is 9.79. The summed E-state index contributed by atoms with van der Waals surface area (Å²) in [5.41, 5.74) is 0. The summed E-state index contributed by atoms with van der Waals surface area (Å²) in [6.07, 6.45) is 11.8. The summed E-state index contributed by atoms with van der Waals surface area (Å²) in [4.78, 5) is 0. The molecular formula is C14H26O. The van der Waals surface area contributed by atoms with Crippen molar-refractivity contribution in [2.45, 2.75) is 64.4 Å². The van der Waals surface area contributed by atoms with Gasteiger partial charge in [-0.05, 0) is 25.2 Å². The van der Waals surface area contributed by atoms with Crippen LogP contribution in [0.4, 0.5) is 0 Å². The normalized spacial score (nSPS) is 22.3. The lowest BCUT2D eigenvalue weighted by molar-refractivity contribution is 0.0464. The molecule has 1 aliphatic carbocycles. The fourth-order valence-electron chi connectivity index (χ4n) is 2.69. The van der Waals surface area contributed by atoms with E-state index in [9.17, 15) is 5.11 Å². The SMILES string of the molecule is C=C[C@H](CCCC)[C@H](O)C1CCCCC1. The number of hydrogen-bond donors (Lipinski definition) is 1. The van der Waals surface area contributed by atoms with Gasteiger partial charge in [-0.15, -0.1) is 6.58 Å². The summed E-state index contributed by atoms with van der Waals surface area (Å²) >= 11 is 0. The highest BCUT2D eigenvalue weighted by atomic mass is 16.3. The molecule has 1 fully saturated rings. The van der Waals surface area contributed by atoms with E-state index < -0.39 is 0 Å². The molecule has 15 heavy (non-hydrogen) atoms. The van der Waals surface area contributed by atoms with E-state index >= 15 is 0 Å². The highest BCUT2D eigenvalue weighted by Gasteiger charge is 2.26. The van der Waals surface area contributed by atoms with Gasteiger partial charge in [0.05, 0.1) is 6.10 Å². The predicted octanol–water partition coefficient (Wildman–Crippen LogP) is 3.92. The number of aliphatic hydroxyl groups is 1. The highest BCUT2D eigenvalue weighted by Crippen LogP contribution is 2.31. The van der Waals surface area contributed by atoms with Gasteiger partial charge in [-0.25, -0.2) is 0 Å². The molecule has 1 rings (SSSR count). The maximum atomic E-state index is 10.3. The van der Waals surface area contributed by atoms with Gasteiger partial charge in [-0.3, -0.25) is 0 Å². The second-order valence-electron chi connectivity index (χ2n) is 4.93. The van der Waals surface area contributed by atoms with Gasteiger partial charge < -0.3 is 5.11 Å². The molecule has 0 unspecified atom stereocenters. The van der Waals surface area contributed by atoms with Crippen molar-refractivity contribution in [1.82, 2.24) is 0 Å². The van der Waals surface area contributed by atoms with Crippen molar-refractivity contribution >= 4 is 0 Å². The lowest BCUT2D eigenvalue weighted by Crippen LogP contribution is -2.29. The van der Waals surface area contributed by atoms with E-state index in [1.54, 1.807) is 0 Å². The van der Waals surface area contributed by atoms with Gasteiger partial charge in [0.2, 0.25) is 0 Å². The minimum Gasteiger partial charge on any atom is -0.392 e. The van der Waals surface area contributed by atoms with Crippen LogP contribution in [0.5, 0.6) is 0 Å². The molecule has 1 saturated carbocycles. The third kappa shape index (κ3) is 3.98. The molecule has 0 aliphatic heterocycles. The summed E-state index contributed by atoms with van der Waals surface area (Å²) in [5, 5.41) is 10.3. The van der Waals surface area contributed by atoms with Gasteiger partial charge in [-0.1, -0.05) is 45.1 Å². The number of rotatable bonds is 6. The van der Waals surface area contributed by atoms with Crippen LogP contribution in [0.25, 0.3) is 0 Å². The first-order chi connectivity index (χ1) is 7.29. The van der Waals surface area contributed by atoms with Crippen molar-refractivity contribution in [1.29, 1.82) is 0 Å². The van der Waals surface area contributed by atoms with Crippen molar-refractivity contribution in [2.75, 3.05) is 0 Å². The predicted molar refractivity (Wildman–Crippen MR) is 65.8 cm³/mol. The van der Waals surface area contributed by atoms with Crippen LogP contribution >= 0.6 is 0 Å². The van der Waals surface area contributed by atoms with Crippen LogP contribution in [0.2, 0.25) is 0 Å². The summed E-state index contributed by atoms with van der Waals surface area (Å²) in [6, 6.07) is 0. The molecular weight excluding hydrogens is 184 g/mol. The maximum absolute atomic E-state index is 10.3. The fraction of sp³-hybridized carbons (Fsp3) is 0.857. The third-order valence-corrected chi connectivity index (χ3v) is 3.77. The summed E-state index contributed by atoms with van der Waals surface area (Å²) in [5.74, 6) is 0.867. The van der Waals surface area contributed by atoms with Crippen LogP contribution in [-0.4, -0.2) is 11.2 Å². The topological polar surface area (TPSA) is 20.2 Å². The van der Waals surface area contributed by atoms with E-state index in [0.717, 1.165) is 6.42 Å². The lowest BCUT2D eigenvalue weighted by Gasteiger charge is -2.30. The minimum atomic E-state index is -0.130. The number of unbranched alkanes of at least 4 members (excludes halogenated alkanes) is 1. The molecule has 0 heterocycles. The molecule has 1 aliphatic rings. The standard InChI is InChI=1S/C14H26O/c1-3-5-9-12(4-2)14(15)13-10-7-6-8-11-13/h4,12-15H,2-3,5-11H2,1H3/t12-,14+/m1/s1. The Hall–Kier alpha value is -0.300. The molecule has 0 aromatic heterocycles. The second kappa shape index (κ2) is 7.05. The highest BCUT2D eigenvalue weighted by molar-refractivity contribution is 4.88. The summed E-state index contributed by atoms with van der Waals surface area (Å²) in [6.45, 7) is 6.07. The molecule has 0 aromatic carbocycles. The Morgan fingerprint density at radius 1 is 1.33 bits per heavy atom. The van der Waals surface area contributed by atoms with Crippen LogP contribution in [0, 0.1) is 11.8 Å². The second-order valence-corrected chi connectivity index (χ2v) is 4.93. The molecule has 0 saturated heterocycles. The quantitative estimate of drug-likeness (QED) is 0.659. The minimum absolute atomic E-state index is 0.130. The van der Waals surface area contributed by atoms with Crippen molar-refractivity contribution in [2.24, 2.45) is 11.8 Å². The van der Waals surface area contributed by atoms with Crippen LogP contribution in [0.3, 0.4) is 0 Å². The van der Waals surface area contributed by atoms with Crippen molar-refractivity contribution in [3.8, 4) is 0 Å². The third-order valence-electron chi connectivity index (χ3n) is 3.77. The molecule has 0 bridgehead atoms. The Kier molecular flexibility index (Phi) is 6.00. The first-order valence-electron chi connectivity index (χ1n) is 6.60. The van der Waals surface area contributed by atoms with E-state index in [4.69, 9.17) is 0 Å². The first kappa shape index (κ1) is 12.8. The van der Waals surface area contributed by atoms with Crippen molar-refractivity contribution in [3.05, 3.63) is 12.7 Å². The Morgan fingerprint density at radius 3 is 2.53 bits per heavy atom. The van der Waals surface area contributed by atoms with Crippen molar-refractivity contribution < 1.29 is 5.11 Å². The fourth-order valence-corrected chi connectivity index (χ4v) is 2.69. The van der Waals surface area contributed by atoms with E-state index in [1.165, 1.54) is 44.9 Å². The van der Waals surface area contributed by atoms with Gasteiger partial charge in [0.25, 0.3) is 0 Å². The van der Waals surface area contributed by atoms with E-state index in [-0.39, 0.29) is 6.10 Å². The zero-order valence-electron chi connectivity index (χ0n) is 10.1. The van der Waals surface area contributed by atoms with E-state index in [0.29, 0.717) is 11.8 Å². The van der Waals surface area contributed by atoms with E-state index in [1.807, 2.05) is 6.08 Å². The van der Waals surface area contributed by atoms with Crippen LogP contribution in [-0.2, 0) is 0 Å². The average molecular weight is 210 g/mol. The molecule has 2 atom stereocenters. The Balaban J connectivity index is 2.39. The van der Waals surface area contributed by atoms with Gasteiger partial charge in [0.1, 0.15) is 0 Å². The molecule has 0 aromatic rings. The molecule has 1 N–H and O–H groups in total. The molecule has 0 radical (unpaired) electrons. The first-order valence-corrected chi connectivity index (χ1v) is 6.60.